The second-order valence-electron chi connectivity index (χ2n) is 7.06. The van der Waals surface area contributed by atoms with Gasteiger partial charge in [-0.15, -0.1) is 0 Å². The van der Waals surface area contributed by atoms with Crippen molar-refractivity contribution in [3.05, 3.63) is 53.4 Å². The van der Waals surface area contributed by atoms with E-state index < -0.39 is 6.04 Å². The number of carbonyl (C=O) groups excluding carboxylic acids is 1. The lowest BCUT2D eigenvalue weighted by Gasteiger charge is -2.18. The first kappa shape index (κ1) is 20.0. The van der Waals surface area contributed by atoms with Crippen molar-refractivity contribution in [2.45, 2.75) is 19.9 Å². The Hall–Kier alpha value is -3.26. The van der Waals surface area contributed by atoms with Crippen molar-refractivity contribution in [1.29, 1.82) is 0 Å². The van der Waals surface area contributed by atoms with E-state index in [9.17, 15) is 4.79 Å². The molecule has 0 saturated carbocycles. The van der Waals surface area contributed by atoms with Crippen LogP contribution in [0.25, 0.3) is 11.4 Å². The van der Waals surface area contributed by atoms with E-state index in [1.807, 2.05) is 19.9 Å². The summed E-state index contributed by atoms with van der Waals surface area (Å²) in [4.78, 5) is 16.9. The summed E-state index contributed by atoms with van der Waals surface area (Å²) in [5.41, 5.74) is 0.731. The van der Waals surface area contributed by atoms with Crippen LogP contribution in [0.2, 0.25) is 5.02 Å². The highest BCUT2D eigenvalue weighted by molar-refractivity contribution is 6.30. The summed E-state index contributed by atoms with van der Waals surface area (Å²) < 4.78 is 21.6. The molecule has 1 unspecified atom stereocenters. The molecule has 4 rings (SSSR count). The maximum Gasteiger partial charge on any atom is 0.258 e. The molecule has 30 heavy (non-hydrogen) atoms. The minimum absolute atomic E-state index is 0.0227. The van der Waals surface area contributed by atoms with Crippen molar-refractivity contribution in [3.63, 3.8) is 0 Å². The fraction of sp³-hybridized carbons (Fsp3) is 0.286. The molecule has 3 aromatic rings. The van der Waals surface area contributed by atoms with Gasteiger partial charge in [0.25, 0.3) is 5.91 Å². The number of rotatable bonds is 7. The molecule has 1 N–H and O–H groups in total. The van der Waals surface area contributed by atoms with Crippen LogP contribution in [-0.2, 0) is 4.79 Å². The number of benzene rings is 2. The van der Waals surface area contributed by atoms with Gasteiger partial charge in [-0.1, -0.05) is 30.6 Å². The second-order valence-corrected chi connectivity index (χ2v) is 7.49. The van der Waals surface area contributed by atoms with Crippen molar-refractivity contribution >= 4 is 17.5 Å². The van der Waals surface area contributed by atoms with E-state index in [0.29, 0.717) is 34.0 Å². The number of fused-ring (bicyclic) bond motifs is 1. The van der Waals surface area contributed by atoms with Crippen LogP contribution in [0.3, 0.4) is 0 Å². The highest BCUT2D eigenvalue weighted by Crippen LogP contribution is 2.35. The van der Waals surface area contributed by atoms with Crippen molar-refractivity contribution in [2.24, 2.45) is 5.92 Å². The van der Waals surface area contributed by atoms with Gasteiger partial charge in [0.1, 0.15) is 11.8 Å². The van der Waals surface area contributed by atoms with Crippen LogP contribution in [0.4, 0.5) is 0 Å². The summed E-state index contributed by atoms with van der Waals surface area (Å²) in [6.45, 7) is 3.95. The first-order chi connectivity index (χ1) is 14.5. The molecule has 0 aliphatic carbocycles. The summed E-state index contributed by atoms with van der Waals surface area (Å²) in [5, 5.41) is 7.54. The molecule has 156 valence electrons. The molecule has 0 bridgehead atoms. The van der Waals surface area contributed by atoms with E-state index >= 15 is 0 Å². The van der Waals surface area contributed by atoms with Crippen LogP contribution in [0, 0.1) is 5.92 Å². The topological polar surface area (TPSA) is 95.7 Å². The van der Waals surface area contributed by atoms with Gasteiger partial charge in [0.2, 0.25) is 18.5 Å². The molecule has 9 heteroatoms. The fourth-order valence-electron chi connectivity index (χ4n) is 2.92. The number of carbonyl (C=O) groups is 1. The molecule has 0 saturated heterocycles. The summed E-state index contributed by atoms with van der Waals surface area (Å²) in [6.07, 6.45) is 0. The Kier molecular flexibility index (Phi) is 5.76. The Bertz CT molecular complexity index is 1040. The molecule has 1 aliphatic rings. The largest absolute Gasteiger partial charge is 0.484 e. The molecular formula is C21H20ClN3O5. The molecule has 1 amide bonds. The number of halogens is 1. The number of hydrogen-bond donors (Lipinski definition) is 1. The number of ether oxygens (including phenoxy) is 3. The Labute approximate surface area is 178 Å². The zero-order valence-electron chi connectivity index (χ0n) is 16.4. The van der Waals surface area contributed by atoms with Crippen LogP contribution in [0.1, 0.15) is 25.8 Å². The van der Waals surface area contributed by atoms with E-state index in [1.165, 1.54) is 0 Å². The molecule has 1 aliphatic heterocycles. The first-order valence-corrected chi connectivity index (χ1v) is 9.79. The van der Waals surface area contributed by atoms with Gasteiger partial charge in [-0.05, 0) is 48.4 Å². The van der Waals surface area contributed by atoms with Crippen molar-refractivity contribution in [1.82, 2.24) is 15.5 Å². The Balaban J connectivity index is 1.43. The smallest absolute Gasteiger partial charge is 0.258 e. The normalized spacial score (nSPS) is 13.3. The van der Waals surface area contributed by atoms with Gasteiger partial charge in [-0.2, -0.15) is 4.98 Å². The highest BCUT2D eigenvalue weighted by Gasteiger charge is 2.25. The molecule has 1 aromatic heterocycles. The maximum atomic E-state index is 12.4. The third kappa shape index (κ3) is 4.49. The van der Waals surface area contributed by atoms with Gasteiger partial charge in [-0.3, -0.25) is 4.79 Å². The van der Waals surface area contributed by atoms with Crippen LogP contribution < -0.4 is 19.5 Å². The van der Waals surface area contributed by atoms with Crippen molar-refractivity contribution in [2.75, 3.05) is 13.4 Å². The fourth-order valence-corrected chi connectivity index (χ4v) is 3.05. The molecule has 0 fully saturated rings. The lowest BCUT2D eigenvalue weighted by atomic mass is 10.0. The van der Waals surface area contributed by atoms with Crippen molar-refractivity contribution in [3.8, 4) is 28.6 Å². The minimum Gasteiger partial charge on any atom is -0.484 e. The highest BCUT2D eigenvalue weighted by atomic mass is 35.5. The quantitative estimate of drug-likeness (QED) is 0.606. The maximum absolute atomic E-state index is 12.4. The number of aromatic nitrogens is 2. The zero-order chi connectivity index (χ0) is 21.1. The van der Waals surface area contributed by atoms with Gasteiger partial charge in [0, 0.05) is 10.6 Å². The lowest BCUT2D eigenvalue weighted by Crippen LogP contribution is -2.35. The van der Waals surface area contributed by atoms with Gasteiger partial charge in [0.05, 0.1) is 0 Å². The SMILES string of the molecule is CC(C)C(NC(=O)COc1ccc(Cl)cc1)c1nc(-c2ccc3c(c2)OCO3)no1. The van der Waals surface area contributed by atoms with Crippen LogP contribution in [0.5, 0.6) is 17.2 Å². The van der Waals surface area contributed by atoms with E-state index in [2.05, 4.69) is 15.5 Å². The summed E-state index contributed by atoms with van der Waals surface area (Å²) in [5.74, 6) is 2.31. The predicted molar refractivity (Wildman–Crippen MR) is 109 cm³/mol. The first-order valence-electron chi connectivity index (χ1n) is 9.41. The van der Waals surface area contributed by atoms with Crippen LogP contribution >= 0.6 is 11.6 Å². The third-order valence-electron chi connectivity index (χ3n) is 4.51. The molecule has 0 radical (unpaired) electrons. The number of hydrogen-bond acceptors (Lipinski definition) is 7. The number of amides is 1. The van der Waals surface area contributed by atoms with Gasteiger partial charge >= 0.3 is 0 Å². The number of nitrogens with zero attached hydrogens (tertiary/aromatic N) is 2. The van der Waals surface area contributed by atoms with E-state index in [-0.39, 0.29) is 25.2 Å². The average molecular weight is 430 g/mol. The Morgan fingerprint density at radius 2 is 1.93 bits per heavy atom. The third-order valence-corrected chi connectivity index (χ3v) is 4.76. The minimum atomic E-state index is -0.457. The van der Waals surface area contributed by atoms with E-state index in [4.69, 9.17) is 30.3 Å². The Morgan fingerprint density at radius 3 is 2.70 bits per heavy atom. The van der Waals surface area contributed by atoms with Gasteiger partial charge < -0.3 is 24.1 Å². The number of nitrogens with one attached hydrogen (secondary N) is 1. The second kappa shape index (κ2) is 8.62. The lowest BCUT2D eigenvalue weighted by molar-refractivity contribution is -0.124. The molecule has 1 atom stereocenters. The van der Waals surface area contributed by atoms with Gasteiger partial charge in [-0.25, -0.2) is 0 Å². The molecule has 2 aromatic carbocycles. The Morgan fingerprint density at radius 1 is 1.17 bits per heavy atom. The molecule has 0 spiro atoms. The average Bonchev–Trinajstić information content (AvgIpc) is 3.40. The standard InChI is InChI=1S/C21H20ClN3O5/c1-12(2)19(23-18(26)10-27-15-6-4-14(22)5-7-15)21-24-20(25-30-21)13-3-8-16-17(9-13)29-11-28-16/h3-9,12,19H,10-11H2,1-2H3,(H,23,26). The van der Waals surface area contributed by atoms with Crippen LogP contribution in [0.15, 0.2) is 47.0 Å². The van der Waals surface area contributed by atoms with E-state index in [1.54, 1.807) is 36.4 Å². The molecule has 8 nitrogen and oxygen atoms in total. The van der Waals surface area contributed by atoms with Crippen LogP contribution in [-0.4, -0.2) is 29.4 Å². The summed E-state index contributed by atoms with van der Waals surface area (Å²) in [6, 6.07) is 11.7. The van der Waals surface area contributed by atoms with Crippen molar-refractivity contribution < 1.29 is 23.5 Å². The predicted octanol–water partition coefficient (Wildman–Crippen LogP) is 4.01. The van der Waals surface area contributed by atoms with E-state index in [0.717, 1.165) is 5.56 Å². The summed E-state index contributed by atoms with van der Waals surface area (Å²) in [7, 11) is 0. The molecule has 2 heterocycles. The molecular weight excluding hydrogens is 410 g/mol. The summed E-state index contributed by atoms with van der Waals surface area (Å²) >= 11 is 5.85. The van der Waals surface area contributed by atoms with Gasteiger partial charge in [0.15, 0.2) is 18.1 Å². The monoisotopic (exact) mass is 429 g/mol. The zero-order valence-corrected chi connectivity index (χ0v) is 17.2.